The molecule has 0 saturated carbocycles. The zero-order valence-corrected chi connectivity index (χ0v) is 16.9. The number of hydrogen-bond donors (Lipinski definition) is 0. The third kappa shape index (κ3) is 5.75. The number of carbonyl (C=O) groups is 1. The fourth-order valence-corrected chi connectivity index (χ4v) is 2.74. The van der Waals surface area contributed by atoms with Crippen molar-refractivity contribution in [2.24, 2.45) is 0 Å². The van der Waals surface area contributed by atoms with Gasteiger partial charge in [-0.2, -0.15) is 0 Å². The van der Waals surface area contributed by atoms with Gasteiger partial charge in [-0.1, -0.05) is 31.5 Å². The fourth-order valence-electron chi connectivity index (χ4n) is 2.74. The predicted molar refractivity (Wildman–Crippen MR) is 111 cm³/mol. The number of rotatable bonds is 8. The van der Waals surface area contributed by atoms with Crippen molar-refractivity contribution in [3.63, 3.8) is 0 Å². The summed E-state index contributed by atoms with van der Waals surface area (Å²) in [5.41, 5.74) is 2.78. The number of aryl methyl sites for hydroxylation is 1. The SMILES string of the molecule is CCN(CC)CCN(C(=O)c1ccc(OC)cc1)c1ccc(C)cc1.Cl. The Balaban J connectivity index is 0.00000338. The molecule has 0 aromatic heterocycles. The van der Waals surface area contributed by atoms with Crippen LogP contribution in [0, 0.1) is 6.92 Å². The Hall–Kier alpha value is -2.04. The van der Waals surface area contributed by atoms with Crippen LogP contribution in [0.3, 0.4) is 0 Å². The largest absolute Gasteiger partial charge is 0.497 e. The predicted octanol–water partition coefficient (Wildman–Crippen LogP) is 4.41. The van der Waals surface area contributed by atoms with Gasteiger partial charge in [-0.05, 0) is 56.4 Å². The van der Waals surface area contributed by atoms with Crippen LogP contribution in [0.1, 0.15) is 29.8 Å². The van der Waals surface area contributed by atoms with Crippen LogP contribution in [-0.2, 0) is 0 Å². The summed E-state index contributed by atoms with van der Waals surface area (Å²) < 4.78 is 5.18. The molecule has 1 amide bonds. The van der Waals surface area contributed by atoms with Gasteiger partial charge in [0, 0.05) is 24.3 Å². The Bertz CT molecular complexity index is 667. The van der Waals surface area contributed by atoms with Crippen molar-refractivity contribution in [2.75, 3.05) is 38.2 Å². The Morgan fingerprint density at radius 1 is 0.923 bits per heavy atom. The smallest absolute Gasteiger partial charge is 0.258 e. The molecule has 0 heterocycles. The maximum atomic E-state index is 13.1. The van der Waals surface area contributed by atoms with E-state index in [4.69, 9.17) is 4.74 Å². The minimum absolute atomic E-state index is 0. The Labute approximate surface area is 163 Å². The van der Waals surface area contributed by atoms with E-state index >= 15 is 0 Å². The molecule has 0 bridgehead atoms. The van der Waals surface area contributed by atoms with Crippen molar-refractivity contribution < 1.29 is 9.53 Å². The van der Waals surface area contributed by atoms with Crippen molar-refractivity contribution in [1.29, 1.82) is 0 Å². The first-order valence-corrected chi connectivity index (χ1v) is 8.84. The first kappa shape index (κ1) is 22.0. The van der Waals surface area contributed by atoms with E-state index in [1.807, 2.05) is 53.4 Å². The molecule has 5 heteroatoms. The van der Waals surface area contributed by atoms with Crippen LogP contribution >= 0.6 is 12.4 Å². The van der Waals surface area contributed by atoms with Crippen molar-refractivity contribution in [2.45, 2.75) is 20.8 Å². The number of methoxy groups -OCH3 is 1. The summed E-state index contributed by atoms with van der Waals surface area (Å²) in [6, 6.07) is 15.4. The highest BCUT2D eigenvalue weighted by atomic mass is 35.5. The zero-order chi connectivity index (χ0) is 18.2. The highest BCUT2D eigenvalue weighted by Gasteiger charge is 2.18. The van der Waals surface area contributed by atoms with Gasteiger partial charge in [0.25, 0.3) is 5.91 Å². The van der Waals surface area contributed by atoms with E-state index in [1.54, 1.807) is 7.11 Å². The average molecular weight is 377 g/mol. The second-order valence-corrected chi connectivity index (χ2v) is 6.05. The molecular weight excluding hydrogens is 348 g/mol. The van der Waals surface area contributed by atoms with Gasteiger partial charge < -0.3 is 14.5 Å². The summed E-state index contributed by atoms with van der Waals surface area (Å²) in [6.07, 6.45) is 0. The molecule has 0 unspecified atom stereocenters. The molecule has 4 nitrogen and oxygen atoms in total. The number of benzene rings is 2. The molecule has 2 rings (SSSR count). The van der Waals surface area contributed by atoms with Crippen molar-refractivity contribution >= 4 is 24.0 Å². The third-order valence-electron chi connectivity index (χ3n) is 4.46. The second-order valence-electron chi connectivity index (χ2n) is 6.05. The average Bonchev–Trinajstić information content (AvgIpc) is 2.66. The van der Waals surface area contributed by atoms with E-state index in [1.165, 1.54) is 5.56 Å². The maximum Gasteiger partial charge on any atom is 0.258 e. The molecule has 2 aromatic rings. The minimum Gasteiger partial charge on any atom is -0.497 e. The molecule has 0 fully saturated rings. The number of nitrogens with zero attached hydrogens (tertiary/aromatic N) is 2. The van der Waals surface area contributed by atoms with Crippen molar-refractivity contribution in [1.82, 2.24) is 4.90 Å². The topological polar surface area (TPSA) is 32.8 Å². The number of likely N-dealkylation sites (N-methyl/N-ethyl adjacent to an activating group) is 1. The van der Waals surface area contributed by atoms with Crippen molar-refractivity contribution in [3.05, 3.63) is 59.7 Å². The number of anilines is 1. The van der Waals surface area contributed by atoms with E-state index < -0.39 is 0 Å². The first-order valence-electron chi connectivity index (χ1n) is 8.84. The van der Waals surface area contributed by atoms with Crippen LogP contribution in [0.25, 0.3) is 0 Å². The highest BCUT2D eigenvalue weighted by Crippen LogP contribution is 2.20. The van der Waals surface area contributed by atoms with Gasteiger partial charge >= 0.3 is 0 Å². The minimum atomic E-state index is 0. The normalized spacial score (nSPS) is 10.3. The summed E-state index contributed by atoms with van der Waals surface area (Å²) in [5, 5.41) is 0. The lowest BCUT2D eigenvalue weighted by Gasteiger charge is -2.27. The van der Waals surface area contributed by atoms with Gasteiger partial charge in [0.2, 0.25) is 0 Å². The number of amides is 1. The van der Waals surface area contributed by atoms with Gasteiger partial charge in [0.05, 0.1) is 7.11 Å². The first-order chi connectivity index (χ1) is 12.1. The molecule has 0 spiro atoms. The molecule has 0 aliphatic rings. The summed E-state index contributed by atoms with van der Waals surface area (Å²) in [4.78, 5) is 17.3. The Kier molecular flexibility index (Phi) is 9.17. The monoisotopic (exact) mass is 376 g/mol. The molecule has 0 radical (unpaired) electrons. The summed E-state index contributed by atoms with van der Waals surface area (Å²) in [7, 11) is 1.62. The molecule has 0 aliphatic carbocycles. The molecule has 26 heavy (non-hydrogen) atoms. The molecule has 142 valence electrons. The summed E-state index contributed by atoms with van der Waals surface area (Å²) in [6.45, 7) is 9.81. The number of halogens is 1. The Morgan fingerprint density at radius 2 is 1.50 bits per heavy atom. The van der Waals surface area contributed by atoms with Gasteiger partial charge in [0.1, 0.15) is 5.75 Å². The lowest BCUT2D eigenvalue weighted by molar-refractivity contribution is 0.0983. The standard InChI is InChI=1S/C21H28N2O2.ClH/c1-5-22(6-2)15-16-23(19-11-7-17(3)8-12-19)21(24)18-9-13-20(25-4)14-10-18;/h7-14H,5-6,15-16H2,1-4H3;1H. The van der Waals surface area contributed by atoms with Crippen molar-refractivity contribution in [3.8, 4) is 5.75 Å². The quantitative estimate of drug-likeness (QED) is 0.683. The number of hydrogen-bond acceptors (Lipinski definition) is 3. The van der Waals surface area contributed by atoms with E-state index in [2.05, 4.69) is 25.7 Å². The summed E-state index contributed by atoms with van der Waals surface area (Å²) >= 11 is 0. The second kappa shape index (κ2) is 10.8. The lowest BCUT2D eigenvalue weighted by Crippen LogP contribution is -2.38. The van der Waals surface area contributed by atoms with E-state index in [0.717, 1.165) is 31.1 Å². The van der Waals surface area contributed by atoms with Gasteiger partial charge in [-0.3, -0.25) is 4.79 Å². The third-order valence-corrected chi connectivity index (χ3v) is 4.46. The molecular formula is C21H29ClN2O2. The maximum absolute atomic E-state index is 13.1. The molecule has 2 aromatic carbocycles. The van der Waals surface area contributed by atoms with Crippen LogP contribution in [0.15, 0.2) is 48.5 Å². The zero-order valence-electron chi connectivity index (χ0n) is 16.1. The van der Waals surface area contributed by atoms with Crippen LogP contribution < -0.4 is 9.64 Å². The van der Waals surface area contributed by atoms with E-state index in [9.17, 15) is 4.79 Å². The lowest BCUT2D eigenvalue weighted by atomic mass is 10.1. The summed E-state index contributed by atoms with van der Waals surface area (Å²) in [5.74, 6) is 0.764. The van der Waals surface area contributed by atoms with Gasteiger partial charge in [-0.25, -0.2) is 0 Å². The number of ether oxygens (including phenoxy) is 1. The fraction of sp³-hybridized carbons (Fsp3) is 0.381. The van der Waals surface area contributed by atoms with Gasteiger partial charge in [0.15, 0.2) is 0 Å². The van der Waals surface area contributed by atoms with E-state index in [0.29, 0.717) is 12.1 Å². The van der Waals surface area contributed by atoms with Crippen LogP contribution in [-0.4, -0.2) is 44.1 Å². The number of carbonyl (C=O) groups excluding carboxylic acids is 1. The van der Waals surface area contributed by atoms with E-state index in [-0.39, 0.29) is 18.3 Å². The van der Waals surface area contributed by atoms with Crippen LogP contribution in [0.2, 0.25) is 0 Å². The molecule has 0 atom stereocenters. The molecule has 0 saturated heterocycles. The Morgan fingerprint density at radius 3 is 2.00 bits per heavy atom. The van der Waals surface area contributed by atoms with Gasteiger partial charge in [-0.15, -0.1) is 12.4 Å². The molecule has 0 N–H and O–H groups in total. The van der Waals surface area contributed by atoms with Crippen LogP contribution in [0.4, 0.5) is 5.69 Å². The molecule has 0 aliphatic heterocycles. The van der Waals surface area contributed by atoms with Crippen LogP contribution in [0.5, 0.6) is 5.75 Å². The highest BCUT2D eigenvalue weighted by molar-refractivity contribution is 6.06.